The van der Waals surface area contributed by atoms with E-state index >= 15 is 0 Å². The molecule has 0 nitrogen and oxygen atoms in total. The molecule has 0 bridgehead atoms. The fourth-order valence-corrected chi connectivity index (χ4v) is 8.52. The van der Waals surface area contributed by atoms with Gasteiger partial charge in [0.2, 0.25) is 0 Å². The van der Waals surface area contributed by atoms with Gasteiger partial charge >= 0.3 is 79.8 Å². The molecule has 0 aliphatic heterocycles. The Morgan fingerprint density at radius 2 is 1.23 bits per heavy atom. The average molecular weight is 712 g/mol. The quantitative estimate of drug-likeness (QED) is 0.154. The van der Waals surface area contributed by atoms with Gasteiger partial charge in [-0.2, -0.15) is 6.08 Å². The zero-order valence-corrected chi connectivity index (χ0v) is 33.7. The molecule has 0 aromatic heterocycles. The van der Waals surface area contributed by atoms with E-state index in [0.29, 0.717) is 0 Å². The molecular formula is C47H56Zr. The van der Waals surface area contributed by atoms with E-state index in [2.05, 4.69) is 166 Å². The molecule has 48 heavy (non-hydrogen) atoms. The maximum atomic E-state index is 3.88. The van der Waals surface area contributed by atoms with E-state index < -0.39 is 0 Å². The monoisotopic (exact) mass is 710 g/mol. The van der Waals surface area contributed by atoms with Crippen molar-refractivity contribution in [1.82, 2.24) is 0 Å². The second-order valence-corrected chi connectivity index (χ2v) is 18.0. The van der Waals surface area contributed by atoms with Crippen LogP contribution < -0.4 is 0 Å². The van der Waals surface area contributed by atoms with Crippen molar-refractivity contribution in [2.24, 2.45) is 11.8 Å². The molecule has 0 amide bonds. The summed E-state index contributed by atoms with van der Waals surface area (Å²) in [5, 5.41) is 0. The molecule has 4 aromatic carbocycles. The van der Waals surface area contributed by atoms with Crippen LogP contribution in [0.5, 0.6) is 0 Å². The zero-order valence-electron chi connectivity index (χ0n) is 31.2. The van der Waals surface area contributed by atoms with Gasteiger partial charge in [0, 0.05) is 0 Å². The summed E-state index contributed by atoms with van der Waals surface area (Å²) in [6, 6.07) is 32.8. The van der Waals surface area contributed by atoms with Crippen molar-refractivity contribution in [3.05, 3.63) is 131 Å². The van der Waals surface area contributed by atoms with Gasteiger partial charge in [0.1, 0.15) is 0 Å². The van der Waals surface area contributed by atoms with E-state index in [9.17, 15) is 0 Å². The van der Waals surface area contributed by atoms with Crippen LogP contribution in [0.1, 0.15) is 111 Å². The van der Waals surface area contributed by atoms with Crippen molar-refractivity contribution in [3.63, 3.8) is 0 Å². The van der Waals surface area contributed by atoms with Gasteiger partial charge in [-0.1, -0.05) is 131 Å². The zero-order chi connectivity index (χ0) is 35.1. The summed E-state index contributed by atoms with van der Waals surface area (Å²) in [4.78, 5) is 0. The van der Waals surface area contributed by atoms with Crippen molar-refractivity contribution in [1.29, 1.82) is 0 Å². The minimum Gasteiger partial charge on any atom is -0.273 e. The van der Waals surface area contributed by atoms with Crippen molar-refractivity contribution in [3.8, 4) is 33.4 Å². The molecule has 0 spiro atoms. The molecule has 0 fully saturated rings. The molecule has 2 aliphatic carbocycles. The van der Waals surface area contributed by atoms with E-state index in [1.165, 1.54) is 68.5 Å². The fourth-order valence-electron chi connectivity index (χ4n) is 6.51. The molecule has 1 heteroatoms. The molecule has 0 radical (unpaired) electrons. The van der Waals surface area contributed by atoms with Gasteiger partial charge in [0.15, 0.2) is 0 Å². The number of rotatable bonds is 6. The minimum absolute atomic E-state index is 0.0380. The summed E-state index contributed by atoms with van der Waals surface area (Å²) in [6.07, 6.45) is 13.6. The largest absolute Gasteiger partial charge is 0.273 e. The van der Waals surface area contributed by atoms with Crippen LogP contribution in [0.25, 0.3) is 33.4 Å². The molecule has 0 unspecified atom stereocenters. The first-order chi connectivity index (χ1) is 22.6. The standard InChI is InChI=1S/C33H33.C9H18.C5H5.Zr/c1-32(2,3)30-20-26-24(18-28(30)22-13-9-7-10-14-22)17-25-19-29(23-15-11-8-12-16-23)31(21-27(25)26)33(4,5)6;1-8(2)6-5-7-9(3)4;1-2-4-5-3-1;/h7-16,18,20-21H,17H2,1-6H3;8-9H,6-7H2,1-4H3;1-3H,4H2;/q-1;;-1;+2. The third-order valence-electron chi connectivity index (χ3n) is 8.72. The summed E-state index contributed by atoms with van der Waals surface area (Å²) in [5.74, 6) is 1.71. The number of benzene rings is 4. The predicted octanol–water partition coefficient (Wildman–Crippen LogP) is 13.1. The molecule has 0 atom stereocenters. The molecule has 6 rings (SSSR count). The smallest absolute Gasteiger partial charge is 0.109 e. The van der Waals surface area contributed by atoms with Crippen molar-refractivity contribution in [2.75, 3.05) is 0 Å². The van der Waals surface area contributed by atoms with Crippen LogP contribution >= 0.6 is 0 Å². The first-order valence-corrected chi connectivity index (χ1v) is 19.0. The van der Waals surface area contributed by atoms with Crippen LogP contribution in [-0.4, -0.2) is 3.21 Å². The first kappa shape index (κ1) is 37.9. The molecule has 0 saturated carbocycles. The Labute approximate surface area is 308 Å². The second kappa shape index (κ2) is 16.7. The molecule has 2 aliphatic rings. The Bertz CT molecular complexity index is 1590. The molecule has 0 heterocycles. The summed E-state index contributed by atoms with van der Waals surface area (Å²) in [7, 11) is 0. The van der Waals surface area contributed by atoms with Gasteiger partial charge < -0.3 is 0 Å². The maximum absolute atomic E-state index is 3.88. The minimum atomic E-state index is 0.0380. The third-order valence-corrected chi connectivity index (χ3v) is 9.72. The number of fused-ring (bicyclic) bond motifs is 3. The molecule has 0 saturated heterocycles. The third kappa shape index (κ3) is 10.3. The first-order valence-electron chi connectivity index (χ1n) is 17.8. The second-order valence-electron chi connectivity index (χ2n) is 16.2. The van der Waals surface area contributed by atoms with E-state index in [4.69, 9.17) is 0 Å². The summed E-state index contributed by atoms with van der Waals surface area (Å²) in [5.41, 5.74) is 13.5. The Hall–Kier alpha value is -2.89. The predicted molar refractivity (Wildman–Crippen MR) is 207 cm³/mol. The number of allylic oxidation sites excluding steroid dienone is 4. The van der Waals surface area contributed by atoms with Gasteiger partial charge in [0.25, 0.3) is 0 Å². The molecule has 0 N–H and O–H groups in total. The van der Waals surface area contributed by atoms with Crippen LogP contribution in [-0.2, 0) is 41.5 Å². The van der Waals surface area contributed by atoms with E-state index in [1.54, 1.807) is 27.4 Å². The molecule has 4 aromatic rings. The van der Waals surface area contributed by atoms with Crippen LogP contribution in [0.2, 0.25) is 0 Å². The van der Waals surface area contributed by atoms with Gasteiger partial charge in [0.05, 0.1) is 0 Å². The van der Waals surface area contributed by atoms with Crippen molar-refractivity contribution >= 4 is 3.21 Å². The van der Waals surface area contributed by atoms with Gasteiger partial charge in [-0.15, -0.1) is 35.2 Å². The fraction of sp³-hybridized carbons (Fsp3) is 0.383. The van der Waals surface area contributed by atoms with Crippen LogP contribution in [0, 0.1) is 24.0 Å². The molecular weight excluding hydrogens is 656 g/mol. The normalized spacial score (nSPS) is 13.1. The van der Waals surface area contributed by atoms with E-state index in [1.807, 2.05) is 12.2 Å². The average Bonchev–Trinajstić information content (AvgIpc) is 3.71. The van der Waals surface area contributed by atoms with Gasteiger partial charge in [-0.3, -0.25) is 6.08 Å². The van der Waals surface area contributed by atoms with Crippen LogP contribution in [0.4, 0.5) is 0 Å². The van der Waals surface area contributed by atoms with E-state index in [-0.39, 0.29) is 10.8 Å². The number of hydrogen-bond donors (Lipinski definition) is 0. The number of hydrogen-bond acceptors (Lipinski definition) is 0. The Morgan fingerprint density at radius 3 is 1.69 bits per heavy atom. The maximum Gasteiger partial charge on any atom is -0.109 e. The SMILES string of the molecule is CC(C)(C)c1cc2c([c-]c1-c1ccccc1)Cc1cc(-c3ccccc3)c(C(C)(C)C)cc1-2.CC(C)C[C](=[Zr+2])CC(C)C.[C-]1=CC=CC1. The topological polar surface area (TPSA) is 0 Å². The van der Waals surface area contributed by atoms with Crippen molar-refractivity contribution in [2.45, 2.75) is 106 Å². The summed E-state index contributed by atoms with van der Waals surface area (Å²) >= 11 is 1.65. The van der Waals surface area contributed by atoms with Crippen LogP contribution in [0.3, 0.4) is 0 Å². The van der Waals surface area contributed by atoms with E-state index in [0.717, 1.165) is 24.7 Å². The summed E-state index contributed by atoms with van der Waals surface area (Å²) in [6.45, 7) is 23.1. The van der Waals surface area contributed by atoms with Crippen LogP contribution in [0.15, 0.2) is 97.1 Å². The van der Waals surface area contributed by atoms with Gasteiger partial charge in [-0.05, 0) is 39.5 Å². The summed E-state index contributed by atoms with van der Waals surface area (Å²) < 4.78 is 1.75. The Balaban J connectivity index is 0.000000288. The molecule has 248 valence electrons. The van der Waals surface area contributed by atoms with Crippen molar-refractivity contribution < 1.29 is 24.2 Å². The Morgan fingerprint density at radius 1 is 0.688 bits per heavy atom. The Kier molecular flexibility index (Phi) is 13.2. The van der Waals surface area contributed by atoms with Gasteiger partial charge in [-0.25, -0.2) is 12.2 Å².